The number of hydrogen-bond acceptors (Lipinski definition) is 4. The van der Waals surface area contributed by atoms with Gasteiger partial charge in [-0.15, -0.1) is 0 Å². The molecule has 2 amide bonds. The van der Waals surface area contributed by atoms with Crippen LogP contribution in [0.15, 0.2) is 89.8 Å². The summed E-state index contributed by atoms with van der Waals surface area (Å²) in [5.41, 5.74) is -0.439. The van der Waals surface area contributed by atoms with Crippen molar-refractivity contribution in [1.29, 1.82) is 0 Å². The molecule has 43 heavy (non-hydrogen) atoms. The van der Waals surface area contributed by atoms with Gasteiger partial charge in [-0.05, 0) is 61.6 Å². The third kappa shape index (κ3) is 8.16. The topological polar surface area (TPSA) is 86.8 Å². The summed E-state index contributed by atoms with van der Waals surface area (Å²) in [7, 11) is -4.47. The molecular formula is C32H36F3N3O4S. The number of amides is 2. The molecule has 0 aliphatic heterocycles. The smallest absolute Gasteiger partial charge is 0.352 e. The molecule has 11 heteroatoms. The highest BCUT2D eigenvalue weighted by molar-refractivity contribution is 7.92. The van der Waals surface area contributed by atoms with Gasteiger partial charge in [0.1, 0.15) is 12.6 Å². The number of nitrogens with zero attached hydrogens (tertiary/aromatic N) is 2. The van der Waals surface area contributed by atoms with Crippen LogP contribution in [0.4, 0.5) is 18.9 Å². The lowest BCUT2D eigenvalue weighted by atomic mass is 10.1. The number of nitrogens with one attached hydrogen (secondary N) is 1. The quantitative estimate of drug-likeness (QED) is 0.279. The number of carbonyl (C=O) groups excluding carboxylic acids is 2. The SMILES string of the molecule is CC[C@H](C(=O)NC1CCCC1)N(CCc1ccccc1)C(=O)CN(c1cccc(C(F)(F)F)c1)S(=O)(=O)c1ccccc1. The monoisotopic (exact) mass is 615 g/mol. The minimum atomic E-state index is -4.73. The number of alkyl halides is 3. The second-order valence-electron chi connectivity index (χ2n) is 10.6. The van der Waals surface area contributed by atoms with Crippen molar-refractivity contribution in [3.05, 3.63) is 96.1 Å². The molecule has 4 rings (SSSR count). The number of carbonyl (C=O) groups is 2. The third-order valence-corrected chi connectivity index (χ3v) is 9.43. The van der Waals surface area contributed by atoms with Crippen LogP contribution in [0.25, 0.3) is 0 Å². The Morgan fingerprint density at radius 1 is 0.930 bits per heavy atom. The van der Waals surface area contributed by atoms with Gasteiger partial charge in [-0.2, -0.15) is 13.2 Å². The highest BCUT2D eigenvalue weighted by atomic mass is 32.2. The van der Waals surface area contributed by atoms with Crippen LogP contribution in [0.5, 0.6) is 0 Å². The van der Waals surface area contributed by atoms with E-state index in [1.165, 1.54) is 35.2 Å². The second kappa shape index (κ2) is 14.1. The summed E-state index contributed by atoms with van der Waals surface area (Å²) in [6.07, 6.45) is -0.362. The van der Waals surface area contributed by atoms with E-state index in [1.807, 2.05) is 30.3 Å². The van der Waals surface area contributed by atoms with Crippen LogP contribution in [-0.2, 0) is 32.2 Å². The summed E-state index contributed by atoms with van der Waals surface area (Å²) in [5, 5.41) is 3.04. The first-order valence-corrected chi connectivity index (χ1v) is 15.8. The Hall–Kier alpha value is -3.86. The lowest BCUT2D eigenvalue weighted by molar-refractivity contribution is -0.139. The minimum Gasteiger partial charge on any atom is -0.352 e. The van der Waals surface area contributed by atoms with E-state index >= 15 is 0 Å². The van der Waals surface area contributed by atoms with Gasteiger partial charge >= 0.3 is 6.18 Å². The highest BCUT2D eigenvalue weighted by Crippen LogP contribution is 2.33. The molecule has 3 aromatic carbocycles. The Bertz CT molecular complexity index is 1480. The Morgan fingerprint density at radius 3 is 2.16 bits per heavy atom. The van der Waals surface area contributed by atoms with Gasteiger partial charge in [0, 0.05) is 12.6 Å². The van der Waals surface area contributed by atoms with Crippen LogP contribution in [-0.4, -0.2) is 50.3 Å². The van der Waals surface area contributed by atoms with Crippen LogP contribution < -0.4 is 9.62 Å². The first kappa shape index (κ1) is 32.1. The van der Waals surface area contributed by atoms with Gasteiger partial charge in [0.05, 0.1) is 16.1 Å². The number of rotatable bonds is 12. The zero-order valence-corrected chi connectivity index (χ0v) is 24.8. The van der Waals surface area contributed by atoms with Crippen molar-refractivity contribution in [3.63, 3.8) is 0 Å². The number of halogens is 3. The molecule has 0 spiro atoms. The molecular weight excluding hydrogens is 579 g/mol. The zero-order chi connectivity index (χ0) is 31.0. The maximum atomic E-state index is 14.1. The fourth-order valence-corrected chi connectivity index (χ4v) is 6.78. The van der Waals surface area contributed by atoms with Gasteiger partial charge < -0.3 is 10.2 Å². The molecule has 1 saturated carbocycles. The van der Waals surface area contributed by atoms with Crippen molar-refractivity contribution in [2.45, 2.75) is 68.6 Å². The zero-order valence-electron chi connectivity index (χ0n) is 24.0. The van der Waals surface area contributed by atoms with Crippen molar-refractivity contribution in [2.75, 3.05) is 17.4 Å². The lowest BCUT2D eigenvalue weighted by Gasteiger charge is -2.34. The molecule has 1 fully saturated rings. The summed E-state index contributed by atoms with van der Waals surface area (Å²) in [5.74, 6) is -1.02. The van der Waals surface area contributed by atoms with Crippen molar-refractivity contribution in [3.8, 4) is 0 Å². The van der Waals surface area contributed by atoms with Crippen LogP contribution in [0.3, 0.4) is 0 Å². The van der Waals surface area contributed by atoms with Gasteiger partial charge in [-0.25, -0.2) is 8.42 Å². The number of benzene rings is 3. The van der Waals surface area contributed by atoms with Crippen molar-refractivity contribution in [2.24, 2.45) is 0 Å². The fourth-order valence-electron chi connectivity index (χ4n) is 5.35. The normalized spacial score (nSPS) is 14.7. The molecule has 0 saturated heterocycles. The van der Waals surface area contributed by atoms with Crippen LogP contribution in [0, 0.1) is 0 Å². The molecule has 0 radical (unpaired) electrons. The van der Waals surface area contributed by atoms with E-state index in [0.29, 0.717) is 16.8 Å². The van der Waals surface area contributed by atoms with Crippen molar-refractivity contribution in [1.82, 2.24) is 10.2 Å². The molecule has 1 aliphatic rings. The Labute approximate surface area is 250 Å². The Kier molecular flexibility index (Phi) is 10.5. The lowest BCUT2D eigenvalue weighted by Crippen LogP contribution is -2.54. The van der Waals surface area contributed by atoms with E-state index in [4.69, 9.17) is 0 Å². The fraction of sp³-hybridized carbons (Fsp3) is 0.375. The molecule has 7 nitrogen and oxygen atoms in total. The average Bonchev–Trinajstić information content (AvgIpc) is 3.51. The van der Waals surface area contributed by atoms with Crippen molar-refractivity contribution >= 4 is 27.5 Å². The summed E-state index contributed by atoms with van der Waals surface area (Å²) < 4.78 is 69.2. The molecule has 230 valence electrons. The van der Waals surface area contributed by atoms with Gasteiger partial charge in [-0.3, -0.25) is 13.9 Å². The first-order valence-electron chi connectivity index (χ1n) is 14.4. The number of sulfonamides is 1. The molecule has 1 atom stereocenters. The Balaban J connectivity index is 1.71. The van der Waals surface area contributed by atoms with E-state index in [0.717, 1.165) is 43.4 Å². The minimum absolute atomic E-state index is 0.00712. The van der Waals surface area contributed by atoms with E-state index in [9.17, 15) is 31.2 Å². The van der Waals surface area contributed by atoms with Gasteiger partial charge in [0.15, 0.2) is 0 Å². The maximum absolute atomic E-state index is 14.1. The predicted octanol–water partition coefficient (Wildman–Crippen LogP) is 5.81. The summed E-state index contributed by atoms with van der Waals surface area (Å²) in [4.78, 5) is 28.7. The number of anilines is 1. The van der Waals surface area contributed by atoms with Crippen LogP contribution >= 0.6 is 0 Å². The van der Waals surface area contributed by atoms with Crippen molar-refractivity contribution < 1.29 is 31.2 Å². The first-order chi connectivity index (χ1) is 20.5. The molecule has 0 unspecified atom stereocenters. The largest absolute Gasteiger partial charge is 0.416 e. The summed E-state index contributed by atoms with van der Waals surface area (Å²) >= 11 is 0. The van der Waals surface area contributed by atoms with Crippen LogP contribution in [0.1, 0.15) is 50.2 Å². The molecule has 0 aromatic heterocycles. The summed E-state index contributed by atoms with van der Waals surface area (Å²) in [6.45, 7) is 1.09. The summed E-state index contributed by atoms with van der Waals surface area (Å²) in [6, 6.07) is 19.6. The van der Waals surface area contributed by atoms with Gasteiger partial charge in [0.25, 0.3) is 10.0 Å². The molecule has 0 bridgehead atoms. The third-order valence-electron chi connectivity index (χ3n) is 7.64. The highest BCUT2D eigenvalue weighted by Gasteiger charge is 2.36. The standard InChI is InChI=1S/C32H36F3N3O4S/c1-2-29(31(40)36-26-15-9-10-16-26)37(21-20-24-12-5-3-6-13-24)30(39)23-38(43(41,42)28-18-7-4-8-19-28)27-17-11-14-25(22-27)32(33,34)35/h3-8,11-14,17-19,22,26,29H,2,9-10,15-16,20-21,23H2,1H3,(H,36,40)/t29-/m1/s1. The second-order valence-corrected chi connectivity index (χ2v) is 12.5. The van der Waals surface area contributed by atoms with E-state index < -0.39 is 40.3 Å². The maximum Gasteiger partial charge on any atom is 0.416 e. The van der Waals surface area contributed by atoms with E-state index in [-0.39, 0.29) is 35.5 Å². The molecule has 3 aromatic rings. The van der Waals surface area contributed by atoms with Crippen LogP contribution in [0.2, 0.25) is 0 Å². The molecule has 1 N–H and O–H groups in total. The Morgan fingerprint density at radius 2 is 1.56 bits per heavy atom. The average molecular weight is 616 g/mol. The van der Waals surface area contributed by atoms with E-state index in [1.54, 1.807) is 13.0 Å². The number of hydrogen-bond donors (Lipinski definition) is 1. The predicted molar refractivity (Wildman–Crippen MR) is 159 cm³/mol. The molecule has 0 heterocycles. The molecule has 1 aliphatic carbocycles. The van der Waals surface area contributed by atoms with E-state index in [2.05, 4.69) is 5.32 Å². The van der Waals surface area contributed by atoms with Gasteiger partial charge in [0.2, 0.25) is 11.8 Å². The van der Waals surface area contributed by atoms with Gasteiger partial charge in [-0.1, -0.05) is 74.4 Å².